The third-order valence-corrected chi connectivity index (χ3v) is 3.86. The van der Waals surface area contributed by atoms with Gasteiger partial charge in [-0.3, -0.25) is 0 Å². The van der Waals surface area contributed by atoms with E-state index in [4.69, 9.17) is 16.3 Å². The minimum Gasteiger partial charge on any atom is -0.479 e. The van der Waals surface area contributed by atoms with Crippen LogP contribution in [0.3, 0.4) is 0 Å². The maximum absolute atomic E-state index is 11.3. The van der Waals surface area contributed by atoms with E-state index < -0.39 is 12.1 Å². The molecule has 0 saturated carbocycles. The minimum atomic E-state index is -0.970. The molecule has 0 aliphatic carbocycles. The van der Waals surface area contributed by atoms with Gasteiger partial charge in [-0.25, -0.2) is 9.78 Å². The molecule has 6 heteroatoms. The number of rotatable bonds is 10. The van der Waals surface area contributed by atoms with E-state index in [0.717, 1.165) is 19.3 Å². The number of carbonyl (C=O) groups is 1. The van der Waals surface area contributed by atoms with Crippen LogP contribution in [-0.2, 0) is 4.79 Å². The molecular weight excluding hydrogens is 358 g/mol. The summed E-state index contributed by atoms with van der Waals surface area (Å²) in [6, 6.07) is 3.29. The summed E-state index contributed by atoms with van der Waals surface area (Å²) in [4.78, 5) is 15.2. The van der Waals surface area contributed by atoms with E-state index in [1.807, 2.05) is 0 Å². The molecule has 1 atom stereocenters. The Kier molecular flexibility index (Phi) is 8.69. The lowest BCUT2D eigenvalue weighted by Crippen LogP contribution is -2.27. The van der Waals surface area contributed by atoms with Crippen molar-refractivity contribution in [3.63, 3.8) is 0 Å². The number of hydrogen-bond acceptors (Lipinski definition) is 3. The summed E-state index contributed by atoms with van der Waals surface area (Å²) in [5, 5.41) is 9.39. The van der Waals surface area contributed by atoms with Gasteiger partial charge >= 0.3 is 5.97 Å². The summed E-state index contributed by atoms with van der Waals surface area (Å²) in [5.41, 5.74) is 0. The molecule has 1 N–H and O–H groups in total. The lowest BCUT2D eigenvalue weighted by molar-refractivity contribution is -0.145. The fourth-order valence-corrected chi connectivity index (χ4v) is 2.59. The van der Waals surface area contributed by atoms with E-state index in [-0.39, 0.29) is 5.15 Å². The van der Waals surface area contributed by atoms with Crippen molar-refractivity contribution >= 4 is 33.5 Å². The van der Waals surface area contributed by atoms with Crippen molar-refractivity contribution in [3.8, 4) is 5.75 Å². The molecule has 0 bridgehead atoms. The van der Waals surface area contributed by atoms with Gasteiger partial charge in [-0.2, -0.15) is 0 Å². The lowest BCUT2D eigenvalue weighted by atomic mass is 10.1. The predicted molar refractivity (Wildman–Crippen MR) is 87.0 cm³/mol. The average Bonchev–Trinajstić information content (AvgIpc) is 2.43. The van der Waals surface area contributed by atoms with Gasteiger partial charge in [0, 0.05) is 0 Å². The topological polar surface area (TPSA) is 59.4 Å². The number of carboxylic acid groups (broad SMARTS) is 1. The predicted octanol–water partition coefficient (Wildman–Crippen LogP) is 5.08. The van der Waals surface area contributed by atoms with Crippen molar-refractivity contribution in [2.75, 3.05) is 0 Å². The van der Waals surface area contributed by atoms with Gasteiger partial charge < -0.3 is 9.84 Å². The first-order chi connectivity index (χ1) is 10.0. The molecule has 0 spiro atoms. The van der Waals surface area contributed by atoms with Gasteiger partial charge in [-0.1, -0.05) is 50.6 Å². The van der Waals surface area contributed by atoms with Gasteiger partial charge in [0.25, 0.3) is 0 Å². The van der Waals surface area contributed by atoms with Crippen LogP contribution < -0.4 is 4.74 Å². The Morgan fingerprint density at radius 1 is 1.33 bits per heavy atom. The summed E-state index contributed by atoms with van der Waals surface area (Å²) < 4.78 is 6.06. The van der Waals surface area contributed by atoms with Crippen LogP contribution >= 0.6 is 27.5 Å². The van der Waals surface area contributed by atoms with Crippen LogP contribution in [0.4, 0.5) is 0 Å². The van der Waals surface area contributed by atoms with Crippen LogP contribution in [0.25, 0.3) is 0 Å². The molecule has 0 aliphatic heterocycles. The highest BCUT2D eigenvalue weighted by Gasteiger charge is 2.20. The third-order valence-electron chi connectivity index (χ3n) is 3.15. The smallest absolute Gasteiger partial charge is 0.344 e. The zero-order chi connectivity index (χ0) is 15.7. The summed E-state index contributed by atoms with van der Waals surface area (Å²) in [7, 11) is 0. The van der Waals surface area contributed by atoms with Crippen molar-refractivity contribution in [3.05, 3.63) is 21.9 Å². The molecule has 0 radical (unpaired) electrons. The minimum absolute atomic E-state index is 0.165. The summed E-state index contributed by atoms with van der Waals surface area (Å²) in [6.45, 7) is 2.17. The number of aliphatic carboxylic acids is 1. The maximum atomic E-state index is 11.3. The standard InChI is InChI=1S/C15H21BrClNO3/c1-2-3-4-5-6-7-8-12(15(19)20)21-11-9-10-13(16)18-14(11)17/h9-10,12H,2-8H2,1H3,(H,19,20). The number of unbranched alkanes of at least 4 members (excludes halogenated alkanes) is 5. The normalized spacial score (nSPS) is 12.1. The summed E-state index contributed by atoms with van der Waals surface area (Å²) in [6.07, 6.45) is 6.25. The zero-order valence-corrected chi connectivity index (χ0v) is 14.5. The first-order valence-electron chi connectivity index (χ1n) is 7.26. The van der Waals surface area contributed by atoms with Crippen LogP contribution in [0.2, 0.25) is 5.15 Å². The molecule has 1 aromatic rings. The van der Waals surface area contributed by atoms with Crippen LogP contribution in [0.15, 0.2) is 16.7 Å². The van der Waals surface area contributed by atoms with Gasteiger partial charge in [0.1, 0.15) is 4.60 Å². The number of hydrogen-bond donors (Lipinski definition) is 1. The number of pyridine rings is 1. The van der Waals surface area contributed by atoms with Crippen molar-refractivity contribution in [1.82, 2.24) is 4.98 Å². The van der Waals surface area contributed by atoms with Crippen LogP contribution in [0.1, 0.15) is 51.9 Å². The van der Waals surface area contributed by atoms with Crippen LogP contribution in [0.5, 0.6) is 5.75 Å². The number of nitrogens with zero attached hydrogens (tertiary/aromatic N) is 1. The molecule has 0 fully saturated rings. The van der Waals surface area contributed by atoms with E-state index in [1.165, 1.54) is 19.3 Å². The second-order valence-corrected chi connectivity index (χ2v) is 6.09. The fourth-order valence-electron chi connectivity index (χ4n) is 1.98. The van der Waals surface area contributed by atoms with Crippen LogP contribution in [-0.4, -0.2) is 22.2 Å². The van der Waals surface area contributed by atoms with E-state index in [2.05, 4.69) is 27.8 Å². The Morgan fingerprint density at radius 2 is 2.00 bits per heavy atom. The fraction of sp³-hybridized carbons (Fsp3) is 0.600. The number of aromatic nitrogens is 1. The highest BCUT2D eigenvalue weighted by Crippen LogP contribution is 2.26. The molecule has 21 heavy (non-hydrogen) atoms. The van der Waals surface area contributed by atoms with Crippen molar-refractivity contribution in [1.29, 1.82) is 0 Å². The number of ether oxygens (including phenoxy) is 1. The Hall–Kier alpha value is -0.810. The number of halogens is 2. The molecule has 0 saturated heterocycles. The second kappa shape index (κ2) is 10.0. The molecule has 118 valence electrons. The Labute approximate surface area is 139 Å². The second-order valence-electron chi connectivity index (χ2n) is 4.92. The Bertz CT molecular complexity index is 457. The largest absolute Gasteiger partial charge is 0.479 e. The quantitative estimate of drug-likeness (QED) is 0.455. The lowest BCUT2D eigenvalue weighted by Gasteiger charge is -2.15. The molecule has 0 amide bonds. The van der Waals surface area contributed by atoms with E-state index in [1.54, 1.807) is 12.1 Å². The van der Waals surface area contributed by atoms with Gasteiger partial charge in [0.2, 0.25) is 0 Å². The Morgan fingerprint density at radius 3 is 2.62 bits per heavy atom. The molecule has 1 unspecified atom stereocenters. The molecule has 1 rings (SSSR count). The third kappa shape index (κ3) is 7.14. The van der Waals surface area contributed by atoms with Gasteiger partial charge in [-0.05, 0) is 40.9 Å². The summed E-state index contributed by atoms with van der Waals surface area (Å²) in [5.74, 6) is -0.666. The maximum Gasteiger partial charge on any atom is 0.344 e. The zero-order valence-electron chi connectivity index (χ0n) is 12.1. The van der Waals surface area contributed by atoms with Crippen LogP contribution in [0, 0.1) is 0 Å². The highest BCUT2D eigenvalue weighted by molar-refractivity contribution is 9.10. The molecule has 0 aliphatic rings. The van der Waals surface area contributed by atoms with Crippen molar-refractivity contribution < 1.29 is 14.6 Å². The molecule has 1 heterocycles. The van der Waals surface area contributed by atoms with Crippen molar-refractivity contribution in [2.45, 2.75) is 58.0 Å². The van der Waals surface area contributed by atoms with Gasteiger partial charge in [-0.15, -0.1) is 0 Å². The van der Waals surface area contributed by atoms with E-state index in [0.29, 0.717) is 16.8 Å². The van der Waals surface area contributed by atoms with E-state index >= 15 is 0 Å². The summed E-state index contributed by atoms with van der Waals surface area (Å²) >= 11 is 9.13. The SMILES string of the molecule is CCCCCCCCC(Oc1ccc(Br)nc1Cl)C(=O)O. The molecule has 1 aromatic heterocycles. The molecular formula is C15H21BrClNO3. The van der Waals surface area contributed by atoms with E-state index in [9.17, 15) is 9.90 Å². The van der Waals surface area contributed by atoms with Gasteiger partial charge in [0.05, 0.1) is 0 Å². The number of carboxylic acids is 1. The first-order valence-corrected chi connectivity index (χ1v) is 8.43. The van der Waals surface area contributed by atoms with Gasteiger partial charge in [0.15, 0.2) is 17.0 Å². The van der Waals surface area contributed by atoms with Crippen molar-refractivity contribution in [2.24, 2.45) is 0 Å². The highest BCUT2D eigenvalue weighted by atomic mass is 79.9. The first kappa shape index (κ1) is 18.2. The monoisotopic (exact) mass is 377 g/mol. The Balaban J connectivity index is 2.44. The molecule has 0 aromatic carbocycles. The average molecular weight is 379 g/mol. The molecule has 4 nitrogen and oxygen atoms in total.